The predicted octanol–water partition coefficient (Wildman–Crippen LogP) is 3.72. The number of benzene rings is 1. The van der Waals surface area contributed by atoms with E-state index in [0.717, 1.165) is 24.8 Å². The van der Waals surface area contributed by atoms with E-state index < -0.39 is 0 Å². The first-order valence-corrected chi connectivity index (χ1v) is 6.61. The van der Waals surface area contributed by atoms with Crippen LogP contribution in [0.15, 0.2) is 30.8 Å². The third-order valence-corrected chi connectivity index (χ3v) is 2.74. The van der Waals surface area contributed by atoms with Crippen LogP contribution in [-0.4, -0.2) is 19.2 Å². The summed E-state index contributed by atoms with van der Waals surface area (Å²) in [6.07, 6.45) is 2.79. The molecular formula is C16H22O3. The quantitative estimate of drug-likeness (QED) is 0.407. The van der Waals surface area contributed by atoms with Gasteiger partial charge in [0.05, 0.1) is 13.2 Å². The van der Waals surface area contributed by atoms with Crippen LogP contribution in [0.4, 0.5) is 0 Å². The van der Waals surface area contributed by atoms with E-state index in [1.54, 1.807) is 0 Å². The second-order valence-corrected chi connectivity index (χ2v) is 4.54. The topological polar surface area (TPSA) is 35.5 Å². The van der Waals surface area contributed by atoms with E-state index in [1.165, 1.54) is 12.5 Å². The van der Waals surface area contributed by atoms with Gasteiger partial charge in [-0.2, -0.15) is 0 Å². The molecule has 0 unspecified atom stereocenters. The fraction of sp³-hybridized carbons (Fsp3) is 0.438. The van der Waals surface area contributed by atoms with Gasteiger partial charge in [-0.3, -0.25) is 4.79 Å². The van der Waals surface area contributed by atoms with Gasteiger partial charge in [-0.05, 0) is 26.2 Å². The number of rotatable bonds is 8. The van der Waals surface area contributed by atoms with Gasteiger partial charge in [-0.25, -0.2) is 0 Å². The Hall–Kier alpha value is -1.77. The van der Waals surface area contributed by atoms with Crippen molar-refractivity contribution < 1.29 is 14.3 Å². The van der Waals surface area contributed by atoms with E-state index in [2.05, 4.69) is 13.5 Å². The van der Waals surface area contributed by atoms with Gasteiger partial charge in [0.2, 0.25) is 0 Å². The minimum Gasteiger partial charge on any atom is -0.494 e. The maximum absolute atomic E-state index is 10.5. The summed E-state index contributed by atoms with van der Waals surface area (Å²) in [7, 11) is 0. The molecule has 1 aromatic rings. The lowest BCUT2D eigenvalue weighted by atomic mass is 10.1. The van der Waals surface area contributed by atoms with E-state index in [1.807, 2.05) is 24.3 Å². The third-order valence-electron chi connectivity index (χ3n) is 2.74. The molecule has 1 rings (SSSR count). The Kier molecular flexibility index (Phi) is 6.72. The van der Waals surface area contributed by atoms with Crippen LogP contribution in [0.2, 0.25) is 0 Å². The highest BCUT2D eigenvalue weighted by atomic mass is 16.5. The molecule has 0 fully saturated rings. The highest BCUT2D eigenvalue weighted by Gasteiger charge is 1.99. The van der Waals surface area contributed by atoms with Gasteiger partial charge in [0.15, 0.2) is 0 Å². The number of aryl methyl sites for hydroxylation is 1. The Morgan fingerprint density at radius 3 is 2.21 bits per heavy atom. The molecule has 0 aliphatic rings. The molecule has 0 heterocycles. The van der Waals surface area contributed by atoms with Gasteiger partial charge >= 0.3 is 5.97 Å². The van der Waals surface area contributed by atoms with Crippen molar-refractivity contribution in [1.29, 1.82) is 0 Å². The van der Waals surface area contributed by atoms with Crippen LogP contribution in [0.25, 0.3) is 5.76 Å². The van der Waals surface area contributed by atoms with E-state index in [-0.39, 0.29) is 5.97 Å². The van der Waals surface area contributed by atoms with Crippen LogP contribution in [0.3, 0.4) is 0 Å². The molecule has 0 atom stereocenters. The van der Waals surface area contributed by atoms with Crippen molar-refractivity contribution in [3.8, 4) is 0 Å². The summed E-state index contributed by atoms with van der Waals surface area (Å²) in [5, 5.41) is 0. The summed E-state index contributed by atoms with van der Waals surface area (Å²) in [5.74, 6) is 0.490. The van der Waals surface area contributed by atoms with Gasteiger partial charge < -0.3 is 9.47 Å². The van der Waals surface area contributed by atoms with Gasteiger partial charge in [0.25, 0.3) is 0 Å². The Balaban J connectivity index is 2.11. The number of hydrogen-bond acceptors (Lipinski definition) is 3. The molecule has 0 aliphatic carbocycles. The van der Waals surface area contributed by atoms with Crippen molar-refractivity contribution in [2.24, 2.45) is 0 Å². The van der Waals surface area contributed by atoms with Gasteiger partial charge in [-0.1, -0.05) is 36.4 Å². The predicted molar refractivity (Wildman–Crippen MR) is 76.6 cm³/mol. The van der Waals surface area contributed by atoms with Crippen molar-refractivity contribution >= 4 is 11.7 Å². The lowest BCUT2D eigenvalue weighted by molar-refractivity contribution is -0.141. The molecular weight excluding hydrogens is 240 g/mol. The summed E-state index contributed by atoms with van der Waals surface area (Å²) in [4.78, 5) is 10.5. The molecule has 0 N–H and O–H groups in total. The summed E-state index contributed by atoms with van der Waals surface area (Å²) in [5.41, 5.74) is 2.24. The standard InChI is InChI=1S/C16H22O3/c1-13-7-9-16(10-8-13)14(2)18-11-5-4-6-12-19-15(3)17/h7-10H,2,4-6,11-12H2,1,3H3. The van der Waals surface area contributed by atoms with E-state index in [9.17, 15) is 4.79 Å². The van der Waals surface area contributed by atoms with Crippen LogP contribution in [0.5, 0.6) is 0 Å². The molecule has 3 nitrogen and oxygen atoms in total. The number of ether oxygens (including phenoxy) is 2. The molecule has 0 spiro atoms. The molecule has 0 aromatic heterocycles. The van der Waals surface area contributed by atoms with E-state index >= 15 is 0 Å². The van der Waals surface area contributed by atoms with Gasteiger partial charge in [0.1, 0.15) is 5.76 Å². The first kappa shape index (κ1) is 15.3. The zero-order chi connectivity index (χ0) is 14.1. The largest absolute Gasteiger partial charge is 0.494 e. The minimum atomic E-state index is -0.219. The second-order valence-electron chi connectivity index (χ2n) is 4.54. The Bertz CT molecular complexity index is 407. The fourth-order valence-electron chi connectivity index (χ4n) is 1.61. The van der Waals surface area contributed by atoms with E-state index in [4.69, 9.17) is 9.47 Å². The highest BCUT2D eigenvalue weighted by molar-refractivity contribution is 5.65. The summed E-state index contributed by atoms with van der Waals surface area (Å²) < 4.78 is 10.4. The van der Waals surface area contributed by atoms with Crippen LogP contribution in [0, 0.1) is 6.92 Å². The highest BCUT2D eigenvalue weighted by Crippen LogP contribution is 2.15. The summed E-state index contributed by atoms with van der Waals surface area (Å²) in [6, 6.07) is 8.11. The van der Waals surface area contributed by atoms with Crippen molar-refractivity contribution in [2.45, 2.75) is 33.1 Å². The number of carbonyl (C=O) groups excluding carboxylic acids is 1. The van der Waals surface area contributed by atoms with Crippen LogP contribution >= 0.6 is 0 Å². The Morgan fingerprint density at radius 2 is 1.63 bits per heavy atom. The first-order chi connectivity index (χ1) is 9.09. The smallest absolute Gasteiger partial charge is 0.302 e. The molecule has 3 heteroatoms. The van der Waals surface area contributed by atoms with Crippen molar-refractivity contribution in [3.63, 3.8) is 0 Å². The number of hydrogen-bond donors (Lipinski definition) is 0. The van der Waals surface area contributed by atoms with Crippen molar-refractivity contribution in [1.82, 2.24) is 0 Å². The number of unbranched alkanes of at least 4 members (excludes halogenated alkanes) is 2. The maximum Gasteiger partial charge on any atom is 0.302 e. The molecule has 0 bridgehead atoms. The normalized spacial score (nSPS) is 10.0. The lowest BCUT2D eigenvalue weighted by Gasteiger charge is -2.09. The Labute approximate surface area is 115 Å². The second kappa shape index (κ2) is 8.35. The van der Waals surface area contributed by atoms with Crippen LogP contribution in [0.1, 0.15) is 37.3 Å². The average molecular weight is 262 g/mol. The number of esters is 1. The molecule has 19 heavy (non-hydrogen) atoms. The monoisotopic (exact) mass is 262 g/mol. The van der Waals surface area contributed by atoms with Gasteiger partial charge in [0, 0.05) is 12.5 Å². The van der Waals surface area contributed by atoms with Crippen molar-refractivity contribution in [3.05, 3.63) is 42.0 Å². The SMILES string of the molecule is C=C(OCCCCCOC(C)=O)c1ccc(C)cc1. The molecule has 0 amide bonds. The zero-order valence-electron chi connectivity index (χ0n) is 11.8. The summed E-state index contributed by atoms with van der Waals surface area (Å²) >= 11 is 0. The zero-order valence-corrected chi connectivity index (χ0v) is 11.8. The average Bonchev–Trinajstić information content (AvgIpc) is 2.38. The van der Waals surface area contributed by atoms with Crippen molar-refractivity contribution in [2.75, 3.05) is 13.2 Å². The molecule has 0 radical (unpaired) electrons. The summed E-state index contributed by atoms with van der Waals surface area (Å²) in [6.45, 7) is 8.54. The van der Waals surface area contributed by atoms with Gasteiger partial charge in [-0.15, -0.1) is 0 Å². The first-order valence-electron chi connectivity index (χ1n) is 6.61. The van der Waals surface area contributed by atoms with Crippen LogP contribution in [-0.2, 0) is 14.3 Å². The minimum absolute atomic E-state index is 0.219. The van der Waals surface area contributed by atoms with E-state index in [0.29, 0.717) is 19.0 Å². The molecule has 0 saturated carbocycles. The maximum atomic E-state index is 10.5. The third kappa shape index (κ3) is 6.65. The Morgan fingerprint density at radius 1 is 1.05 bits per heavy atom. The molecule has 0 aliphatic heterocycles. The number of carbonyl (C=O) groups is 1. The van der Waals surface area contributed by atoms with Crippen LogP contribution < -0.4 is 0 Å². The molecule has 1 aromatic carbocycles. The lowest BCUT2D eigenvalue weighted by Crippen LogP contribution is -2.01. The molecule has 104 valence electrons. The fourth-order valence-corrected chi connectivity index (χ4v) is 1.61. The molecule has 0 saturated heterocycles.